The molecule has 0 bridgehead atoms. The number of benzene rings is 2. The molecule has 0 saturated carbocycles. The number of halogens is 4. The maximum atomic E-state index is 14.5. The Hall–Kier alpha value is -2.50. The molecule has 1 N–H and O–H groups in total. The second-order valence-electron chi connectivity index (χ2n) is 6.52. The molecule has 0 aliphatic carbocycles. The molecule has 9 heteroatoms. The Morgan fingerprint density at radius 2 is 2.03 bits per heavy atom. The van der Waals surface area contributed by atoms with E-state index in [9.17, 15) is 13.9 Å². The molecule has 1 heterocycles. The predicted octanol–water partition coefficient (Wildman–Crippen LogP) is 4.21. The number of aromatic nitrogens is 3. The highest BCUT2D eigenvalue weighted by molar-refractivity contribution is 6.33. The summed E-state index contributed by atoms with van der Waals surface area (Å²) in [4.78, 5) is 3.82. The minimum atomic E-state index is -1.86. The Morgan fingerprint density at radius 3 is 2.73 bits per heavy atom. The summed E-state index contributed by atoms with van der Waals surface area (Å²) in [6.45, 7) is 1.32. The summed E-state index contributed by atoms with van der Waals surface area (Å²) < 4.78 is 34.8. The van der Waals surface area contributed by atoms with Gasteiger partial charge in [0.15, 0.2) is 0 Å². The lowest BCUT2D eigenvalue weighted by Crippen LogP contribution is -2.44. The maximum Gasteiger partial charge on any atom is 0.138 e. The number of ether oxygens (including phenoxy) is 1. The first-order valence-electron chi connectivity index (χ1n) is 8.85. The Morgan fingerprint density at radius 1 is 1.23 bits per heavy atom. The van der Waals surface area contributed by atoms with Gasteiger partial charge in [0, 0.05) is 22.2 Å². The normalized spacial score (nSPS) is 13.9. The van der Waals surface area contributed by atoms with Crippen molar-refractivity contribution in [2.75, 3.05) is 6.61 Å². The highest BCUT2D eigenvalue weighted by atomic mass is 35.5. The minimum Gasteiger partial charge on any atom is -0.380 e. The topological polar surface area (TPSA) is 60.2 Å². The van der Waals surface area contributed by atoms with Crippen LogP contribution in [-0.2, 0) is 16.9 Å². The first-order chi connectivity index (χ1) is 14.3. The van der Waals surface area contributed by atoms with Crippen LogP contribution in [0.25, 0.3) is 0 Å². The third-order valence-corrected chi connectivity index (χ3v) is 5.06. The van der Waals surface area contributed by atoms with Crippen molar-refractivity contribution >= 4 is 23.2 Å². The van der Waals surface area contributed by atoms with Gasteiger partial charge in [0.1, 0.15) is 36.5 Å². The van der Waals surface area contributed by atoms with Gasteiger partial charge in [-0.3, -0.25) is 0 Å². The monoisotopic (exact) mass is 451 g/mol. The van der Waals surface area contributed by atoms with Gasteiger partial charge in [-0.15, -0.1) is 0 Å². The van der Waals surface area contributed by atoms with E-state index in [1.807, 2.05) is 0 Å². The summed E-state index contributed by atoms with van der Waals surface area (Å²) >= 11 is 12.0. The first kappa shape index (κ1) is 22.2. The molecule has 2 aromatic carbocycles. The van der Waals surface area contributed by atoms with Gasteiger partial charge in [-0.25, -0.2) is 18.4 Å². The largest absolute Gasteiger partial charge is 0.380 e. The van der Waals surface area contributed by atoms with E-state index in [2.05, 4.69) is 21.9 Å². The summed E-state index contributed by atoms with van der Waals surface area (Å²) in [5, 5.41) is 16.2. The molecule has 1 aromatic heterocycles. The number of hydrogen-bond donors (Lipinski definition) is 1. The molecule has 0 amide bonds. The van der Waals surface area contributed by atoms with E-state index in [0.29, 0.717) is 21.7 Å². The van der Waals surface area contributed by atoms with E-state index in [4.69, 9.17) is 27.9 Å². The molecular formula is C21H17Cl2F2N3O2. The Balaban J connectivity index is 1.81. The lowest BCUT2D eigenvalue weighted by atomic mass is 9.88. The smallest absolute Gasteiger partial charge is 0.138 e. The van der Waals surface area contributed by atoms with E-state index < -0.39 is 23.3 Å². The van der Waals surface area contributed by atoms with Crippen LogP contribution in [0.1, 0.15) is 18.1 Å². The molecule has 156 valence electrons. The fourth-order valence-corrected chi connectivity index (χ4v) is 3.20. The lowest BCUT2D eigenvalue weighted by Gasteiger charge is -2.34. The number of aliphatic hydroxyl groups is 1. The van der Waals surface area contributed by atoms with E-state index in [0.717, 1.165) is 6.07 Å². The van der Waals surface area contributed by atoms with Crippen LogP contribution in [0.3, 0.4) is 0 Å². The summed E-state index contributed by atoms with van der Waals surface area (Å²) in [6, 6.07) is 7.85. The van der Waals surface area contributed by atoms with Crippen LogP contribution in [0.2, 0.25) is 10.0 Å². The average molecular weight is 452 g/mol. The van der Waals surface area contributed by atoms with E-state index in [-0.39, 0.29) is 18.7 Å². The maximum absolute atomic E-state index is 14.5. The van der Waals surface area contributed by atoms with Crippen molar-refractivity contribution in [2.24, 2.45) is 0 Å². The predicted molar refractivity (Wildman–Crippen MR) is 109 cm³/mol. The molecule has 2 atom stereocenters. The molecule has 0 fully saturated rings. The van der Waals surface area contributed by atoms with E-state index in [1.165, 1.54) is 23.4 Å². The van der Waals surface area contributed by atoms with Crippen molar-refractivity contribution in [3.05, 3.63) is 81.9 Å². The molecule has 0 aliphatic rings. The molecule has 3 aromatic rings. The average Bonchev–Trinajstić information content (AvgIpc) is 3.20. The minimum absolute atomic E-state index is 0.0769. The summed E-state index contributed by atoms with van der Waals surface area (Å²) in [7, 11) is 0. The highest BCUT2D eigenvalue weighted by Gasteiger charge is 2.40. The van der Waals surface area contributed by atoms with Crippen molar-refractivity contribution in [3.63, 3.8) is 0 Å². The van der Waals surface area contributed by atoms with Gasteiger partial charge in [-0.2, -0.15) is 5.10 Å². The van der Waals surface area contributed by atoms with Crippen LogP contribution >= 0.6 is 23.2 Å². The van der Waals surface area contributed by atoms with Gasteiger partial charge < -0.3 is 9.84 Å². The van der Waals surface area contributed by atoms with Crippen molar-refractivity contribution in [3.8, 4) is 11.8 Å². The number of hydrogen-bond acceptors (Lipinski definition) is 4. The third-order valence-electron chi connectivity index (χ3n) is 4.50. The van der Waals surface area contributed by atoms with Gasteiger partial charge in [0.2, 0.25) is 0 Å². The molecular weight excluding hydrogens is 435 g/mol. The summed E-state index contributed by atoms with van der Waals surface area (Å²) in [5.41, 5.74) is -1.46. The van der Waals surface area contributed by atoms with Crippen LogP contribution in [0.5, 0.6) is 0 Å². The highest BCUT2D eigenvalue weighted by Crippen LogP contribution is 2.31. The van der Waals surface area contributed by atoms with Gasteiger partial charge in [0.05, 0.1) is 17.7 Å². The van der Waals surface area contributed by atoms with Crippen LogP contribution in [0.15, 0.2) is 49.1 Å². The molecule has 5 nitrogen and oxygen atoms in total. The van der Waals surface area contributed by atoms with Crippen molar-refractivity contribution in [1.29, 1.82) is 0 Å². The molecule has 0 radical (unpaired) electrons. The van der Waals surface area contributed by atoms with Crippen molar-refractivity contribution < 1.29 is 18.6 Å². The zero-order chi connectivity index (χ0) is 21.7. The zero-order valence-electron chi connectivity index (χ0n) is 15.8. The van der Waals surface area contributed by atoms with Crippen LogP contribution in [-0.4, -0.2) is 32.6 Å². The molecule has 0 aliphatic heterocycles. The molecule has 3 rings (SSSR count). The second-order valence-corrected chi connectivity index (χ2v) is 7.36. The lowest BCUT2D eigenvalue weighted by molar-refractivity contribution is -0.111. The SMILES string of the molecule is C[C@@H](OCC#Cc1cc(Cl)ccc1Cl)[C@](O)(Cn1cncn1)c1ccc(F)cc1F. The zero-order valence-corrected chi connectivity index (χ0v) is 17.3. The van der Waals surface area contributed by atoms with Crippen molar-refractivity contribution in [1.82, 2.24) is 14.8 Å². The number of rotatable bonds is 6. The van der Waals surface area contributed by atoms with Gasteiger partial charge >= 0.3 is 0 Å². The molecule has 30 heavy (non-hydrogen) atoms. The summed E-state index contributed by atoms with van der Waals surface area (Å²) in [6.07, 6.45) is 1.73. The van der Waals surface area contributed by atoms with Crippen LogP contribution in [0, 0.1) is 23.5 Å². The molecule has 0 spiro atoms. The Kier molecular flexibility index (Phi) is 7.06. The molecule has 0 unspecified atom stereocenters. The Bertz CT molecular complexity index is 1080. The van der Waals surface area contributed by atoms with Gasteiger partial charge in [-0.1, -0.05) is 41.1 Å². The fourth-order valence-electron chi connectivity index (χ4n) is 2.86. The van der Waals surface area contributed by atoms with Crippen molar-refractivity contribution in [2.45, 2.75) is 25.2 Å². The van der Waals surface area contributed by atoms with Gasteiger partial charge in [-0.05, 0) is 31.2 Å². The van der Waals surface area contributed by atoms with Crippen LogP contribution < -0.4 is 0 Å². The quantitative estimate of drug-likeness (QED) is 0.570. The van der Waals surface area contributed by atoms with E-state index >= 15 is 0 Å². The van der Waals surface area contributed by atoms with E-state index in [1.54, 1.807) is 25.1 Å². The fraction of sp³-hybridized carbons (Fsp3) is 0.238. The van der Waals surface area contributed by atoms with Crippen LogP contribution in [0.4, 0.5) is 8.78 Å². The van der Waals surface area contributed by atoms with Gasteiger partial charge in [0.25, 0.3) is 0 Å². The standard InChI is InChI=1S/C21H17Cl2F2N3O2/c1-14(30-8-2-3-15-9-16(22)4-7-19(15)23)21(29,11-28-13-26-12-27-28)18-6-5-17(24)10-20(18)25/h4-7,9-10,12-14,29H,8,11H2,1H3/t14-,21-/m1/s1. The number of nitrogens with zero attached hydrogens (tertiary/aromatic N) is 3. The third kappa shape index (κ3) is 5.15. The first-order valence-corrected chi connectivity index (χ1v) is 9.61. The summed E-state index contributed by atoms with van der Waals surface area (Å²) in [5.74, 6) is 3.98. The Labute approximate surface area is 182 Å². The second kappa shape index (κ2) is 9.54. The molecule has 0 saturated heterocycles.